The van der Waals surface area contributed by atoms with Crippen LogP contribution in [0.5, 0.6) is 0 Å². The van der Waals surface area contributed by atoms with Crippen LogP contribution in [0.2, 0.25) is 0 Å². The van der Waals surface area contributed by atoms with Crippen LogP contribution in [0.1, 0.15) is 19.3 Å². The number of sulfonamides is 1. The molecule has 0 saturated heterocycles. The van der Waals surface area contributed by atoms with E-state index in [1.165, 1.54) is 17.4 Å². The van der Waals surface area contributed by atoms with Gasteiger partial charge in [0, 0.05) is 24.4 Å². The van der Waals surface area contributed by atoms with E-state index >= 15 is 0 Å². The number of amides is 1. The van der Waals surface area contributed by atoms with E-state index in [-0.39, 0.29) is 17.2 Å². The normalized spacial score (nSPS) is 15.2. The predicted octanol–water partition coefficient (Wildman–Crippen LogP) is 2.46. The van der Waals surface area contributed by atoms with Crippen molar-refractivity contribution in [3.63, 3.8) is 0 Å². The van der Waals surface area contributed by atoms with Crippen LogP contribution in [0, 0.1) is 0 Å². The van der Waals surface area contributed by atoms with Crippen LogP contribution in [0.4, 0.5) is 10.8 Å². The molecule has 0 fully saturated rings. The Bertz CT molecular complexity index is 845. The molecule has 2 heterocycles. The minimum atomic E-state index is -3.67. The molecule has 2 N–H and O–H groups in total. The zero-order valence-electron chi connectivity index (χ0n) is 12.0. The number of anilines is 2. The maximum Gasteiger partial charge on any atom is 0.286 e. The number of hydrogen-bond acceptors (Lipinski definition) is 6. The molecule has 9 heteroatoms. The minimum Gasteiger partial charge on any atom is -0.342 e. The summed E-state index contributed by atoms with van der Waals surface area (Å²) in [5, 5.41) is 8.01. The van der Waals surface area contributed by atoms with E-state index in [1.807, 2.05) is 0 Å². The maximum absolute atomic E-state index is 12.1. The minimum absolute atomic E-state index is 0.153. The van der Waals surface area contributed by atoms with Crippen LogP contribution in [-0.2, 0) is 14.8 Å². The number of benzene rings is 1. The van der Waals surface area contributed by atoms with Gasteiger partial charge in [-0.05, 0) is 18.6 Å². The smallest absolute Gasteiger partial charge is 0.286 e. The average molecular weight is 350 g/mol. The van der Waals surface area contributed by atoms with Gasteiger partial charge in [-0.1, -0.05) is 12.1 Å². The topological polar surface area (TPSA) is 101 Å². The van der Waals surface area contributed by atoms with E-state index in [1.54, 1.807) is 29.8 Å². The second-order valence-corrected chi connectivity index (χ2v) is 7.34. The summed E-state index contributed by atoms with van der Waals surface area (Å²) < 4.78 is 27.9. The Morgan fingerprint density at radius 1 is 1.30 bits per heavy atom. The van der Waals surface area contributed by atoms with Crippen molar-refractivity contribution in [2.45, 2.75) is 24.2 Å². The third-order valence-corrected chi connectivity index (χ3v) is 5.23. The summed E-state index contributed by atoms with van der Waals surface area (Å²) in [4.78, 5) is 15.9. The lowest BCUT2D eigenvalue weighted by Crippen LogP contribution is -2.22. The number of amidine groups is 1. The van der Waals surface area contributed by atoms with Gasteiger partial charge in [0.1, 0.15) is 10.7 Å². The third kappa shape index (κ3) is 3.74. The molecule has 3 rings (SSSR count). The first-order valence-corrected chi connectivity index (χ1v) is 9.26. The molecule has 1 aliphatic heterocycles. The van der Waals surface area contributed by atoms with Crippen molar-refractivity contribution in [1.29, 1.82) is 0 Å². The Morgan fingerprint density at radius 3 is 2.91 bits per heavy atom. The van der Waals surface area contributed by atoms with E-state index in [0.29, 0.717) is 29.5 Å². The van der Waals surface area contributed by atoms with E-state index in [2.05, 4.69) is 20.0 Å². The van der Waals surface area contributed by atoms with Crippen molar-refractivity contribution >= 4 is 43.9 Å². The molecule has 0 saturated carbocycles. The van der Waals surface area contributed by atoms with Gasteiger partial charge in [-0.15, -0.1) is 15.7 Å². The van der Waals surface area contributed by atoms with Crippen molar-refractivity contribution in [1.82, 2.24) is 4.98 Å². The number of nitrogens with one attached hydrogen (secondary N) is 2. The second-order valence-electron chi connectivity index (χ2n) is 4.87. The Morgan fingerprint density at radius 2 is 2.13 bits per heavy atom. The highest BCUT2D eigenvalue weighted by Gasteiger charge is 2.23. The Balaban J connectivity index is 1.57. The number of nitrogens with zero attached hydrogens (tertiary/aromatic N) is 2. The Hall–Kier alpha value is -2.26. The molecule has 120 valence electrons. The highest BCUT2D eigenvalue weighted by Crippen LogP contribution is 2.27. The van der Waals surface area contributed by atoms with Gasteiger partial charge in [0.15, 0.2) is 5.13 Å². The van der Waals surface area contributed by atoms with Crippen LogP contribution in [0.25, 0.3) is 0 Å². The molecule has 1 aromatic heterocycles. The van der Waals surface area contributed by atoms with Crippen LogP contribution in [0.3, 0.4) is 0 Å². The number of thiazole rings is 1. The summed E-state index contributed by atoms with van der Waals surface area (Å²) in [6.07, 6.45) is 2.74. The molecular weight excluding hydrogens is 336 g/mol. The Labute approximate surface area is 137 Å². The molecular formula is C14H14N4O3S2. The summed E-state index contributed by atoms with van der Waals surface area (Å²) in [6.45, 7) is 0. The molecule has 0 atom stereocenters. The van der Waals surface area contributed by atoms with Gasteiger partial charge in [0.2, 0.25) is 5.91 Å². The standard InChI is InChI=1S/C14H14N4O3S2/c19-13(17-14-15-8-9-22-14)7-3-6-12-16-10-4-1-2-5-11(10)23(20,21)18-12/h1-2,4-5,8-9H,3,6-7H2,(H,16,18)(H,15,17,19). The largest absolute Gasteiger partial charge is 0.342 e. The van der Waals surface area contributed by atoms with Gasteiger partial charge in [-0.3, -0.25) is 4.79 Å². The van der Waals surface area contributed by atoms with E-state index < -0.39 is 10.0 Å². The van der Waals surface area contributed by atoms with Crippen LogP contribution in [-0.4, -0.2) is 25.1 Å². The first kappa shape index (κ1) is 15.6. The van der Waals surface area contributed by atoms with Crippen molar-refractivity contribution < 1.29 is 13.2 Å². The van der Waals surface area contributed by atoms with E-state index in [4.69, 9.17) is 0 Å². The fourth-order valence-electron chi connectivity index (χ4n) is 2.16. The first-order chi connectivity index (χ1) is 11.0. The number of aromatic nitrogens is 1. The van der Waals surface area contributed by atoms with E-state index in [9.17, 15) is 13.2 Å². The maximum atomic E-state index is 12.1. The molecule has 0 spiro atoms. The quantitative estimate of drug-likeness (QED) is 0.863. The molecule has 1 aromatic carbocycles. The monoisotopic (exact) mass is 350 g/mol. The highest BCUT2D eigenvalue weighted by atomic mass is 32.2. The first-order valence-electron chi connectivity index (χ1n) is 6.94. The van der Waals surface area contributed by atoms with Crippen LogP contribution >= 0.6 is 11.3 Å². The van der Waals surface area contributed by atoms with Crippen molar-refractivity contribution in [2.75, 3.05) is 10.6 Å². The zero-order valence-corrected chi connectivity index (χ0v) is 13.7. The highest BCUT2D eigenvalue weighted by molar-refractivity contribution is 7.90. The van der Waals surface area contributed by atoms with Gasteiger partial charge in [-0.25, -0.2) is 4.98 Å². The molecule has 7 nitrogen and oxygen atoms in total. The van der Waals surface area contributed by atoms with Crippen LogP contribution in [0.15, 0.2) is 45.1 Å². The molecule has 0 bridgehead atoms. The van der Waals surface area contributed by atoms with E-state index in [0.717, 1.165) is 0 Å². The average Bonchev–Trinajstić information content (AvgIpc) is 2.99. The summed E-state index contributed by atoms with van der Waals surface area (Å²) in [5.74, 6) is 0.199. The number of fused-ring (bicyclic) bond motifs is 1. The van der Waals surface area contributed by atoms with Gasteiger partial charge in [-0.2, -0.15) is 8.42 Å². The summed E-state index contributed by atoms with van der Waals surface area (Å²) in [5.41, 5.74) is 0.518. The predicted molar refractivity (Wildman–Crippen MR) is 89.3 cm³/mol. The number of para-hydroxylation sites is 1. The fraction of sp³-hybridized carbons (Fsp3) is 0.214. The Kier molecular flexibility index (Phi) is 4.39. The third-order valence-electron chi connectivity index (χ3n) is 3.17. The van der Waals surface area contributed by atoms with Gasteiger partial charge < -0.3 is 10.6 Å². The van der Waals surface area contributed by atoms with Gasteiger partial charge >= 0.3 is 0 Å². The number of carbonyl (C=O) groups excluding carboxylic acids is 1. The molecule has 0 unspecified atom stereocenters. The summed E-state index contributed by atoms with van der Waals surface area (Å²) >= 11 is 1.35. The summed E-state index contributed by atoms with van der Waals surface area (Å²) in [7, 11) is -3.67. The summed E-state index contributed by atoms with van der Waals surface area (Å²) in [6, 6.07) is 6.61. The number of hydrogen-bond donors (Lipinski definition) is 2. The fourth-order valence-corrected chi connectivity index (χ4v) is 3.88. The van der Waals surface area contributed by atoms with Crippen molar-refractivity contribution in [3.8, 4) is 0 Å². The molecule has 0 radical (unpaired) electrons. The molecule has 1 amide bonds. The number of rotatable bonds is 5. The van der Waals surface area contributed by atoms with Crippen molar-refractivity contribution in [3.05, 3.63) is 35.8 Å². The lowest BCUT2D eigenvalue weighted by molar-refractivity contribution is -0.116. The number of carbonyl (C=O) groups is 1. The molecule has 0 aliphatic carbocycles. The van der Waals surface area contributed by atoms with Crippen molar-refractivity contribution in [2.24, 2.45) is 4.40 Å². The lowest BCUT2D eigenvalue weighted by Gasteiger charge is -2.17. The lowest BCUT2D eigenvalue weighted by atomic mass is 10.2. The van der Waals surface area contributed by atoms with Gasteiger partial charge in [0.25, 0.3) is 10.0 Å². The molecule has 1 aliphatic rings. The molecule has 2 aromatic rings. The second kappa shape index (κ2) is 6.47. The zero-order chi connectivity index (χ0) is 16.3. The molecule has 23 heavy (non-hydrogen) atoms. The van der Waals surface area contributed by atoms with Gasteiger partial charge in [0.05, 0.1) is 5.69 Å². The van der Waals surface area contributed by atoms with Crippen LogP contribution < -0.4 is 10.6 Å². The SMILES string of the molecule is O=C(CCCC1=NS(=O)(=O)c2ccccc2N1)Nc1nccs1.